The lowest BCUT2D eigenvalue weighted by atomic mass is 9.94. The van der Waals surface area contributed by atoms with Crippen LogP contribution in [0.4, 0.5) is 0 Å². The Morgan fingerprint density at radius 1 is 1.11 bits per heavy atom. The maximum Gasteiger partial charge on any atom is 0.314 e. The minimum absolute atomic E-state index is 0.0726. The van der Waals surface area contributed by atoms with Crippen molar-refractivity contribution < 1.29 is 22.8 Å². The van der Waals surface area contributed by atoms with Crippen LogP contribution in [-0.4, -0.2) is 24.7 Å². The number of carboxylic acid groups (broad SMARTS) is 1. The van der Waals surface area contributed by atoms with Crippen LogP contribution in [0.15, 0.2) is 51.9 Å². The van der Waals surface area contributed by atoms with Gasteiger partial charge in [0.15, 0.2) is 5.76 Å². The molecule has 0 radical (unpaired) electrons. The second-order valence-electron chi connectivity index (χ2n) is 6.03. The Bertz CT molecular complexity index is 1160. The molecule has 0 bridgehead atoms. The number of carbonyl (C=O) groups is 1. The number of hydrogen-bond acceptors (Lipinski definition) is 5. The van der Waals surface area contributed by atoms with E-state index in [1.807, 2.05) is 0 Å². The summed E-state index contributed by atoms with van der Waals surface area (Å²) in [7, 11) is -3.87. The molecule has 0 saturated carbocycles. The zero-order chi connectivity index (χ0) is 20.6. The summed E-state index contributed by atoms with van der Waals surface area (Å²) in [6.45, 7) is 1.46. The molecule has 3 rings (SSSR count). The summed E-state index contributed by atoms with van der Waals surface area (Å²) in [5.41, 5.74) is 1.84. The molecule has 0 aliphatic rings. The number of nitrogens with two attached hydrogens (primary N) is 1. The third kappa shape index (κ3) is 3.90. The van der Waals surface area contributed by atoms with Gasteiger partial charge in [0.05, 0.1) is 20.5 Å². The Balaban J connectivity index is 2.23. The third-order valence-electron chi connectivity index (χ3n) is 4.15. The second-order valence-corrected chi connectivity index (χ2v) is 8.40. The van der Waals surface area contributed by atoms with Crippen molar-refractivity contribution in [2.24, 2.45) is 5.14 Å². The highest BCUT2D eigenvalue weighted by Crippen LogP contribution is 2.39. The molecule has 0 fully saturated rings. The van der Waals surface area contributed by atoms with E-state index < -0.39 is 21.9 Å². The predicted molar refractivity (Wildman–Crippen MR) is 105 cm³/mol. The van der Waals surface area contributed by atoms with Crippen molar-refractivity contribution in [3.63, 3.8) is 0 Å². The van der Waals surface area contributed by atoms with E-state index in [1.165, 1.54) is 31.2 Å². The van der Waals surface area contributed by atoms with Crippen molar-refractivity contribution in [2.75, 3.05) is 0 Å². The monoisotopic (exact) mass is 440 g/mol. The molecule has 1 heterocycles. The Labute approximate surface area is 170 Å². The van der Waals surface area contributed by atoms with Gasteiger partial charge >= 0.3 is 5.97 Å². The quantitative estimate of drug-likeness (QED) is 0.613. The average molecular weight is 441 g/mol. The molecule has 0 spiro atoms. The summed E-state index contributed by atoms with van der Waals surface area (Å²) >= 11 is 12.0. The molecule has 146 valence electrons. The molecule has 1 unspecified atom stereocenters. The molecular formula is C18H14Cl2N2O5S. The molecule has 0 aliphatic heterocycles. The minimum atomic E-state index is -3.87. The number of halogens is 2. The SMILES string of the molecule is CC(C(=O)O)c1onc(-c2ccc(Cl)c(Cl)c2)c1-c1ccc(S(N)(=O)=O)cc1. The molecule has 0 amide bonds. The highest BCUT2D eigenvalue weighted by Gasteiger charge is 2.28. The van der Waals surface area contributed by atoms with Crippen LogP contribution in [0, 0.1) is 0 Å². The highest BCUT2D eigenvalue weighted by molar-refractivity contribution is 7.89. The first-order chi connectivity index (χ1) is 13.1. The lowest BCUT2D eigenvalue weighted by Gasteiger charge is -2.09. The van der Waals surface area contributed by atoms with Gasteiger partial charge in [-0.1, -0.05) is 46.6 Å². The molecule has 1 aromatic heterocycles. The topological polar surface area (TPSA) is 123 Å². The van der Waals surface area contributed by atoms with E-state index in [4.69, 9.17) is 32.9 Å². The highest BCUT2D eigenvalue weighted by atomic mass is 35.5. The zero-order valence-electron chi connectivity index (χ0n) is 14.4. The van der Waals surface area contributed by atoms with Gasteiger partial charge in [-0.15, -0.1) is 0 Å². The van der Waals surface area contributed by atoms with E-state index in [9.17, 15) is 18.3 Å². The summed E-state index contributed by atoms with van der Waals surface area (Å²) in [6, 6.07) is 10.5. The first-order valence-electron chi connectivity index (χ1n) is 7.90. The number of sulfonamides is 1. The smallest absolute Gasteiger partial charge is 0.314 e. The van der Waals surface area contributed by atoms with Crippen LogP contribution in [-0.2, 0) is 14.8 Å². The van der Waals surface area contributed by atoms with Crippen molar-refractivity contribution >= 4 is 39.2 Å². The predicted octanol–water partition coefficient (Wildman–Crippen LogP) is 4.15. The van der Waals surface area contributed by atoms with Crippen LogP contribution in [0.3, 0.4) is 0 Å². The molecule has 10 heteroatoms. The number of nitrogens with zero attached hydrogens (tertiary/aromatic N) is 1. The van der Waals surface area contributed by atoms with Crippen molar-refractivity contribution in [2.45, 2.75) is 17.7 Å². The summed E-state index contributed by atoms with van der Waals surface area (Å²) in [4.78, 5) is 11.4. The Morgan fingerprint density at radius 3 is 2.25 bits per heavy atom. The molecule has 0 aliphatic carbocycles. The largest absolute Gasteiger partial charge is 0.481 e. The van der Waals surface area contributed by atoms with Gasteiger partial charge in [0, 0.05) is 5.56 Å². The Kier molecular flexibility index (Phi) is 5.49. The van der Waals surface area contributed by atoms with Crippen molar-refractivity contribution in [1.29, 1.82) is 0 Å². The number of primary sulfonamides is 1. The maximum atomic E-state index is 11.5. The van der Waals surface area contributed by atoms with Gasteiger partial charge in [-0.05, 0) is 36.8 Å². The molecule has 3 N–H and O–H groups in total. The Hall–Kier alpha value is -2.39. The van der Waals surface area contributed by atoms with E-state index >= 15 is 0 Å². The van der Waals surface area contributed by atoms with Crippen molar-refractivity contribution in [1.82, 2.24) is 5.16 Å². The van der Waals surface area contributed by atoms with Gasteiger partial charge in [-0.2, -0.15) is 0 Å². The lowest BCUT2D eigenvalue weighted by Crippen LogP contribution is -2.11. The molecule has 2 aromatic carbocycles. The number of benzene rings is 2. The third-order valence-corrected chi connectivity index (χ3v) is 5.82. The van der Waals surface area contributed by atoms with Gasteiger partial charge in [0.25, 0.3) is 0 Å². The molecule has 3 aromatic rings. The summed E-state index contributed by atoms with van der Waals surface area (Å²) < 4.78 is 28.3. The van der Waals surface area contributed by atoms with Crippen LogP contribution in [0.2, 0.25) is 10.0 Å². The molecule has 28 heavy (non-hydrogen) atoms. The second kappa shape index (κ2) is 7.56. The average Bonchev–Trinajstić information content (AvgIpc) is 3.07. The summed E-state index contributed by atoms with van der Waals surface area (Å²) in [5.74, 6) is -1.96. The summed E-state index contributed by atoms with van der Waals surface area (Å²) in [5, 5.41) is 19.2. The number of rotatable bonds is 5. The number of aromatic nitrogens is 1. The van der Waals surface area contributed by atoms with E-state index in [0.29, 0.717) is 32.4 Å². The fraction of sp³-hybridized carbons (Fsp3) is 0.111. The fourth-order valence-corrected chi connectivity index (χ4v) is 3.45. The van der Waals surface area contributed by atoms with Crippen LogP contribution in [0.25, 0.3) is 22.4 Å². The molecule has 7 nitrogen and oxygen atoms in total. The van der Waals surface area contributed by atoms with Gasteiger partial charge in [-0.25, -0.2) is 13.6 Å². The van der Waals surface area contributed by atoms with Gasteiger partial charge < -0.3 is 9.63 Å². The van der Waals surface area contributed by atoms with Crippen LogP contribution >= 0.6 is 23.2 Å². The van der Waals surface area contributed by atoms with Crippen LogP contribution in [0.5, 0.6) is 0 Å². The van der Waals surface area contributed by atoms with Gasteiger partial charge in [0.1, 0.15) is 11.6 Å². The molecule has 0 saturated heterocycles. The molecule has 1 atom stereocenters. The fourth-order valence-electron chi connectivity index (χ4n) is 2.64. The van der Waals surface area contributed by atoms with E-state index in [2.05, 4.69) is 5.16 Å². The molecular weight excluding hydrogens is 427 g/mol. The standard InChI is InChI=1S/C18H14Cl2N2O5S/c1-9(18(23)24)17-15(10-2-5-12(6-3-10)28(21,25)26)16(22-27-17)11-4-7-13(19)14(20)8-11/h2-9H,1H3,(H,23,24)(H2,21,25,26). The maximum absolute atomic E-state index is 11.5. The normalized spacial score (nSPS) is 12.7. The first kappa shape index (κ1) is 20.3. The van der Waals surface area contributed by atoms with Crippen LogP contribution < -0.4 is 5.14 Å². The van der Waals surface area contributed by atoms with Crippen molar-refractivity contribution in [3.8, 4) is 22.4 Å². The Morgan fingerprint density at radius 2 is 1.71 bits per heavy atom. The van der Waals surface area contributed by atoms with E-state index in [-0.39, 0.29) is 10.7 Å². The van der Waals surface area contributed by atoms with Gasteiger partial charge in [0.2, 0.25) is 10.0 Å². The van der Waals surface area contributed by atoms with Crippen molar-refractivity contribution in [3.05, 3.63) is 58.3 Å². The van der Waals surface area contributed by atoms with E-state index in [0.717, 1.165) is 0 Å². The number of hydrogen-bond donors (Lipinski definition) is 2. The minimum Gasteiger partial charge on any atom is -0.481 e. The first-order valence-corrected chi connectivity index (χ1v) is 10.2. The van der Waals surface area contributed by atoms with Gasteiger partial charge in [-0.3, -0.25) is 4.79 Å². The lowest BCUT2D eigenvalue weighted by molar-refractivity contribution is -0.138. The van der Waals surface area contributed by atoms with E-state index in [1.54, 1.807) is 18.2 Å². The number of carboxylic acids is 1. The zero-order valence-corrected chi connectivity index (χ0v) is 16.7. The number of aliphatic carboxylic acids is 1. The summed E-state index contributed by atoms with van der Waals surface area (Å²) in [6.07, 6.45) is 0. The van der Waals surface area contributed by atoms with Crippen LogP contribution in [0.1, 0.15) is 18.6 Å².